The van der Waals surface area contributed by atoms with Gasteiger partial charge in [0, 0.05) is 23.0 Å². The average molecular weight is 534 g/mol. The van der Waals surface area contributed by atoms with Gasteiger partial charge < -0.3 is 19.9 Å². The molecule has 2 N–H and O–H groups in total. The van der Waals surface area contributed by atoms with E-state index in [0.717, 1.165) is 55.8 Å². The van der Waals surface area contributed by atoms with Crippen molar-refractivity contribution >= 4 is 17.5 Å². The zero-order valence-electron chi connectivity index (χ0n) is 22.7. The van der Waals surface area contributed by atoms with E-state index in [1.165, 1.54) is 54.5 Å². The van der Waals surface area contributed by atoms with E-state index in [2.05, 4.69) is 27.3 Å². The number of nitrogens with one attached hydrogen (secondary N) is 2. The Bertz CT molecular complexity index is 1240. The third-order valence-corrected chi connectivity index (χ3v) is 8.60. The summed E-state index contributed by atoms with van der Waals surface area (Å²) in [6, 6.07) is 14.3. The van der Waals surface area contributed by atoms with Gasteiger partial charge in [-0.1, -0.05) is 35.9 Å². The van der Waals surface area contributed by atoms with Gasteiger partial charge in [0.2, 0.25) is 0 Å². The lowest BCUT2D eigenvalue weighted by Gasteiger charge is -2.33. The van der Waals surface area contributed by atoms with E-state index < -0.39 is 0 Å². The fourth-order valence-electron chi connectivity index (χ4n) is 6.18. The van der Waals surface area contributed by atoms with E-state index in [1.807, 2.05) is 44.4 Å². The topological polar surface area (TPSA) is 57.4 Å². The number of likely N-dealkylation sites (tertiary alicyclic amines) is 1. The second-order valence-corrected chi connectivity index (χ2v) is 11.3. The standard InChI is InChI=1S/C32H40ClN3O2/c1-22-29(21-30(35-22)25-9-12-26(33)13-10-25)32(37)34-17-5-6-18-36-19-15-24(16-20-36)28-14-11-23-7-3-4-8-27(23)31(28)38-2/h9-14,21,24,35H,3-8,15-20H2,1-2H3,(H,34,37). The Kier molecular flexibility index (Phi) is 8.75. The van der Waals surface area contributed by atoms with Gasteiger partial charge in [-0.2, -0.15) is 0 Å². The fourth-order valence-corrected chi connectivity index (χ4v) is 6.30. The molecule has 0 saturated carbocycles. The summed E-state index contributed by atoms with van der Waals surface area (Å²) in [5, 5.41) is 3.81. The molecular weight excluding hydrogens is 494 g/mol. The zero-order valence-corrected chi connectivity index (χ0v) is 23.5. The number of rotatable bonds is 9. The van der Waals surface area contributed by atoms with Gasteiger partial charge >= 0.3 is 0 Å². The van der Waals surface area contributed by atoms with Crippen LogP contribution in [0.2, 0.25) is 5.02 Å². The zero-order chi connectivity index (χ0) is 26.5. The highest BCUT2D eigenvalue weighted by molar-refractivity contribution is 6.30. The second-order valence-electron chi connectivity index (χ2n) is 10.8. The number of aryl methyl sites for hydroxylation is 2. The maximum atomic E-state index is 12.8. The molecule has 1 aliphatic heterocycles. The lowest BCUT2D eigenvalue weighted by Crippen LogP contribution is -2.34. The first-order chi connectivity index (χ1) is 18.5. The minimum Gasteiger partial charge on any atom is -0.496 e. The molecule has 1 saturated heterocycles. The van der Waals surface area contributed by atoms with Crippen molar-refractivity contribution in [2.75, 3.05) is 33.3 Å². The molecule has 0 bridgehead atoms. The number of fused-ring (bicyclic) bond motifs is 1. The summed E-state index contributed by atoms with van der Waals surface area (Å²) in [7, 11) is 1.84. The molecule has 3 aromatic rings. The molecule has 1 amide bonds. The number of unbranched alkanes of at least 4 members (excludes halogenated alkanes) is 1. The monoisotopic (exact) mass is 533 g/mol. The van der Waals surface area contributed by atoms with Crippen LogP contribution in [0, 0.1) is 6.92 Å². The van der Waals surface area contributed by atoms with Crippen LogP contribution >= 0.6 is 11.6 Å². The Morgan fingerprint density at radius 1 is 1.08 bits per heavy atom. The number of methoxy groups -OCH3 is 1. The summed E-state index contributed by atoms with van der Waals surface area (Å²) in [5.74, 6) is 1.75. The number of aromatic amines is 1. The van der Waals surface area contributed by atoms with Crippen molar-refractivity contribution in [1.82, 2.24) is 15.2 Å². The molecule has 2 aliphatic rings. The van der Waals surface area contributed by atoms with Crippen molar-refractivity contribution in [1.29, 1.82) is 0 Å². The van der Waals surface area contributed by atoms with Gasteiger partial charge in [-0.25, -0.2) is 0 Å². The molecule has 1 aromatic heterocycles. The van der Waals surface area contributed by atoms with Gasteiger partial charge in [0.05, 0.1) is 12.7 Å². The minimum atomic E-state index is -0.0150. The van der Waals surface area contributed by atoms with Crippen LogP contribution in [-0.4, -0.2) is 49.1 Å². The number of piperidine rings is 1. The molecular formula is C32H40ClN3O2. The molecule has 38 heavy (non-hydrogen) atoms. The number of hydrogen-bond donors (Lipinski definition) is 2. The van der Waals surface area contributed by atoms with Crippen molar-refractivity contribution in [3.05, 3.63) is 75.4 Å². The first-order valence-corrected chi connectivity index (χ1v) is 14.6. The van der Waals surface area contributed by atoms with Crippen LogP contribution in [0.15, 0.2) is 42.5 Å². The number of halogens is 1. The van der Waals surface area contributed by atoms with E-state index in [9.17, 15) is 4.79 Å². The number of hydrogen-bond acceptors (Lipinski definition) is 3. The number of carbonyl (C=O) groups excluding carboxylic acids is 1. The number of amides is 1. The highest BCUT2D eigenvalue weighted by Gasteiger charge is 2.26. The smallest absolute Gasteiger partial charge is 0.253 e. The van der Waals surface area contributed by atoms with Gasteiger partial charge in [0.15, 0.2) is 0 Å². The first kappa shape index (κ1) is 26.8. The van der Waals surface area contributed by atoms with Gasteiger partial charge in [0.1, 0.15) is 5.75 Å². The van der Waals surface area contributed by atoms with Crippen molar-refractivity contribution < 1.29 is 9.53 Å². The lowest BCUT2D eigenvalue weighted by atomic mass is 9.83. The summed E-state index contributed by atoms with van der Waals surface area (Å²) in [5.41, 5.74) is 7.92. The SMILES string of the molecule is COc1c(C2CCN(CCCCNC(=O)c3cc(-c4ccc(Cl)cc4)[nH]c3C)CC2)ccc2c1CCCC2. The molecule has 1 aliphatic carbocycles. The Hall–Kier alpha value is -2.76. The molecule has 0 atom stereocenters. The Balaban J connectivity index is 1.04. The molecule has 6 heteroatoms. The summed E-state index contributed by atoms with van der Waals surface area (Å²) in [4.78, 5) is 18.7. The average Bonchev–Trinajstić information content (AvgIpc) is 3.34. The van der Waals surface area contributed by atoms with E-state index in [4.69, 9.17) is 16.3 Å². The first-order valence-electron chi connectivity index (χ1n) is 14.2. The summed E-state index contributed by atoms with van der Waals surface area (Å²) in [6.07, 6.45) is 9.39. The fraction of sp³-hybridized carbons (Fsp3) is 0.469. The van der Waals surface area contributed by atoms with Gasteiger partial charge in [0.25, 0.3) is 5.91 Å². The number of carbonyl (C=O) groups is 1. The maximum absolute atomic E-state index is 12.8. The minimum absolute atomic E-state index is 0.0150. The van der Waals surface area contributed by atoms with Crippen LogP contribution in [0.3, 0.4) is 0 Å². The van der Waals surface area contributed by atoms with Crippen LogP contribution < -0.4 is 10.1 Å². The van der Waals surface area contributed by atoms with E-state index in [0.29, 0.717) is 23.0 Å². The van der Waals surface area contributed by atoms with Gasteiger partial charge in [-0.15, -0.1) is 0 Å². The number of nitrogens with zero attached hydrogens (tertiary/aromatic N) is 1. The number of benzene rings is 2. The Morgan fingerprint density at radius 3 is 2.61 bits per heavy atom. The quantitative estimate of drug-likeness (QED) is 0.293. The van der Waals surface area contributed by atoms with Crippen molar-refractivity contribution in [3.63, 3.8) is 0 Å². The molecule has 5 nitrogen and oxygen atoms in total. The van der Waals surface area contributed by atoms with Crippen molar-refractivity contribution in [3.8, 4) is 17.0 Å². The number of H-pyrrole nitrogens is 1. The third-order valence-electron chi connectivity index (χ3n) is 8.34. The number of aromatic nitrogens is 1. The Morgan fingerprint density at radius 2 is 1.84 bits per heavy atom. The predicted molar refractivity (Wildman–Crippen MR) is 156 cm³/mol. The van der Waals surface area contributed by atoms with Gasteiger partial charge in [-0.05, 0) is 124 Å². The largest absolute Gasteiger partial charge is 0.496 e. The van der Waals surface area contributed by atoms with Crippen molar-refractivity contribution in [2.45, 2.75) is 64.2 Å². The van der Waals surface area contributed by atoms with E-state index >= 15 is 0 Å². The van der Waals surface area contributed by atoms with Crippen LogP contribution in [0.5, 0.6) is 5.75 Å². The maximum Gasteiger partial charge on any atom is 0.253 e. The molecule has 0 spiro atoms. The normalized spacial score (nSPS) is 16.3. The highest BCUT2D eigenvalue weighted by Crippen LogP contribution is 2.40. The molecule has 202 valence electrons. The van der Waals surface area contributed by atoms with Gasteiger partial charge in [-0.3, -0.25) is 4.79 Å². The molecule has 2 aromatic carbocycles. The molecule has 2 heterocycles. The summed E-state index contributed by atoms with van der Waals surface area (Å²) < 4.78 is 5.95. The van der Waals surface area contributed by atoms with Crippen LogP contribution in [0.1, 0.15) is 77.2 Å². The summed E-state index contributed by atoms with van der Waals surface area (Å²) in [6.45, 7) is 5.99. The molecule has 0 unspecified atom stereocenters. The highest BCUT2D eigenvalue weighted by atomic mass is 35.5. The van der Waals surface area contributed by atoms with Crippen LogP contribution in [-0.2, 0) is 12.8 Å². The second kappa shape index (κ2) is 12.4. The van der Waals surface area contributed by atoms with E-state index in [-0.39, 0.29) is 5.91 Å². The number of ether oxygens (including phenoxy) is 1. The molecule has 0 radical (unpaired) electrons. The Labute approximate surface area is 231 Å². The lowest BCUT2D eigenvalue weighted by molar-refractivity contribution is 0.0952. The molecule has 1 fully saturated rings. The molecule has 5 rings (SSSR count). The van der Waals surface area contributed by atoms with Crippen molar-refractivity contribution in [2.24, 2.45) is 0 Å². The third kappa shape index (κ3) is 6.10. The van der Waals surface area contributed by atoms with Crippen LogP contribution in [0.25, 0.3) is 11.3 Å². The van der Waals surface area contributed by atoms with E-state index in [1.54, 1.807) is 0 Å². The summed E-state index contributed by atoms with van der Waals surface area (Å²) >= 11 is 6.00. The predicted octanol–water partition coefficient (Wildman–Crippen LogP) is 6.92. The van der Waals surface area contributed by atoms with Crippen LogP contribution in [0.4, 0.5) is 0 Å².